The van der Waals surface area contributed by atoms with Crippen LogP contribution in [0.25, 0.3) is 0 Å². The van der Waals surface area contributed by atoms with Crippen LogP contribution in [0.1, 0.15) is 18.9 Å². The lowest BCUT2D eigenvalue weighted by Crippen LogP contribution is -2.27. The van der Waals surface area contributed by atoms with E-state index >= 15 is 0 Å². The molecule has 1 N–H and O–H groups in total. The molecular weight excluding hydrogens is 261 g/mol. The zero-order valence-electron chi connectivity index (χ0n) is 10.0. The maximum Gasteiger partial charge on any atom is 0.142 e. The summed E-state index contributed by atoms with van der Waals surface area (Å²) in [6.07, 6.45) is 2.54. The van der Waals surface area contributed by atoms with Crippen molar-refractivity contribution in [2.24, 2.45) is 0 Å². The lowest BCUT2D eigenvalue weighted by molar-refractivity contribution is 0.532. The fourth-order valence-corrected chi connectivity index (χ4v) is 2.19. The van der Waals surface area contributed by atoms with Crippen molar-refractivity contribution in [1.29, 1.82) is 0 Å². The van der Waals surface area contributed by atoms with Gasteiger partial charge in [0.25, 0.3) is 0 Å². The van der Waals surface area contributed by atoms with Gasteiger partial charge in [0.1, 0.15) is 5.82 Å². The molecule has 0 aliphatic rings. The first-order chi connectivity index (χ1) is 7.99. The lowest BCUT2D eigenvalue weighted by Gasteiger charge is -2.13. The maximum absolute atomic E-state index is 13.2. The minimum atomic E-state index is -0.758. The fourth-order valence-electron chi connectivity index (χ4n) is 1.39. The number of benzene rings is 1. The monoisotopic (exact) mass is 277 g/mol. The van der Waals surface area contributed by atoms with E-state index in [-0.39, 0.29) is 11.1 Å². The van der Waals surface area contributed by atoms with E-state index in [1.54, 1.807) is 18.4 Å². The van der Waals surface area contributed by atoms with Crippen LogP contribution in [0.3, 0.4) is 0 Å². The first-order valence-electron chi connectivity index (χ1n) is 5.46. The third-order valence-electron chi connectivity index (χ3n) is 2.48. The Labute approximate surface area is 109 Å². The summed E-state index contributed by atoms with van der Waals surface area (Å²) in [5.41, 5.74) is 0.858. The summed E-state index contributed by atoms with van der Waals surface area (Å²) in [7, 11) is -0.758. The molecule has 0 aliphatic carbocycles. The quantitative estimate of drug-likeness (QED) is 0.866. The van der Waals surface area contributed by atoms with Crippen LogP contribution in [0, 0.1) is 5.82 Å². The van der Waals surface area contributed by atoms with Crippen LogP contribution in [-0.2, 0) is 17.3 Å². The Balaban J connectivity index is 2.39. The topological polar surface area (TPSA) is 29.1 Å². The normalized spacial score (nSPS) is 14.6. The van der Waals surface area contributed by atoms with Gasteiger partial charge in [0.15, 0.2) is 0 Å². The van der Waals surface area contributed by atoms with Crippen LogP contribution in [0.15, 0.2) is 18.2 Å². The maximum atomic E-state index is 13.2. The van der Waals surface area contributed by atoms with Gasteiger partial charge in [-0.05, 0) is 31.0 Å². The van der Waals surface area contributed by atoms with Crippen molar-refractivity contribution in [2.45, 2.75) is 25.9 Å². The van der Waals surface area contributed by atoms with Gasteiger partial charge in [0.05, 0.1) is 5.02 Å². The number of halogens is 2. The zero-order valence-corrected chi connectivity index (χ0v) is 11.6. The van der Waals surface area contributed by atoms with E-state index in [9.17, 15) is 8.60 Å². The highest BCUT2D eigenvalue weighted by Gasteiger charge is 2.04. The van der Waals surface area contributed by atoms with E-state index in [1.807, 2.05) is 6.92 Å². The summed E-state index contributed by atoms with van der Waals surface area (Å²) in [4.78, 5) is 0. The van der Waals surface area contributed by atoms with Gasteiger partial charge in [-0.3, -0.25) is 4.21 Å². The summed E-state index contributed by atoms with van der Waals surface area (Å²) in [5, 5.41) is 3.40. The van der Waals surface area contributed by atoms with E-state index in [4.69, 9.17) is 11.6 Å². The molecule has 17 heavy (non-hydrogen) atoms. The molecule has 0 saturated heterocycles. The van der Waals surface area contributed by atoms with E-state index in [0.717, 1.165) is 12.0 Å². The minimum Gasteiger partial charge on any atom is -0.310 e. The molecule has 0 amide bonds. The molecule has 0 fully saturated rings. The second-order valence-electron chi connectivity index (χ2n) is 4.10. The van der Waals surface area contributed by atoms with Gasteiger partial charge in [-0.1, -0.05) is 17.7 Å². The van der Waals surface area contributed by atoms with Gasteiger partial charge in [0.2, 0.25) is 0 Å². The summed E-state index contributed by atoms with van der Waals surface area (Å²) < 4.78 is 24.1. The second kappa shape index (κ2) is 7.09. The smallest absolute Gasteiger partial charge is 0.142 e. The third-order valence-corrected chi connectivity index (χ3v) is 3.59. The fraction of sp³-hybridized carbons (Fsp3) is 0.500. The molecule has 0 spiro atoms. The Morgan fingerprint density at radius 3 is 2.82 bits per heavy atom. The molecule has 0 aliphatic heterocycles. The van der Waals surface area contributed by atoms with Gasteiger partial charge in [-0.15, -0.1) is 0 Å². The molecule has 96 valence electrons. The van der Waals surface area contributed by atoms with E-state index < -0.39 is 16.6 Å². The highest BCUT2D eigenvalue weighted by molar-refractivity contribution is 7.84. The predicted octanol–water partition coefficient (Wildman–Crippen LogP) is 2.73. The van der Waals surface area contributed by atoms with Crippen molar-refractivity contribution in [3.8, 4) is 0 Å². The number of hydrogen-bond donors (Lipinski definition) is 1. The molecule has 2 nitrogen and oxygen atoms in total. The average Bonchev–Trinajstić information content (AvgIpc) is 2.28. The summed E-state index contributed by atoms with van der Waals surface area (Å²) in [6.45, 7) is 2.62. The minimum absolute atomic E-state index is 0.142. The van der Waals surface area contributed by atoms with Crippen LogP contribution in [-0.4, -0.2) is 22.3 Å². The van der Waals surface area contributed by atoms with Gasteiger partial charge >= 0.3 is 0 Å². The van der Waals surface area contributed by atoms with Crippen molar-refractivity contribution in [3.05, 3.63) is 34.6 Å². The molecule has 0 aromatic heterocycles. The molecule has 0 heterocycles. The van der Waals surface area contributed by atoms with Crippen molar-refractivity contribution < 1.29 is 8.60 Å². The SMILES string of the molecule is CC(CCS(C)=O)NCc1ccc(Cl)c(F)c1. The highest BCUT2D eigenvalue weighted by Crippen LogP contribution is 2.15. The molecule has 2 atom stereocenters. The second-order valence-corrected chi connectivity index (χ2v) is 6.06. The Morgan fingerprint density at radius 2 is 2.24 bits per heavy atom. The lowest BCUT2D eigenvalue weighted by atomic mass is 10.2. The number of rotatable bonds is 6. The first kappa shape index (κ1) is 14.6. The first-order valence-corrected chi connectivity index (χ1v) is 7.57. The molecule has 5 heteroatoms. The van der Waals surface area contributed by atoms with Gasteiger partial charge in [-0.2, -0.15) is 0 Å². The summed E-state index contributed by atoms with van der Waals surface area (Å²) >= 11 is 5.60. The molecule has 0 radical (unpaired) electrons. The van der Waals surface area contributed by atoms with E-state index in [1.165, 1.54) is 6.07 Å². The molecular formula is C12H17ClFNOS. The van der Waals surface area contributed by atoms with Gasteiger partial charge in [-0.25, -0.2) is 4.39 Å². The Kier molecular flexibility index (Phi) is 6.09. The van der Waals surface area contributed by atoms with Crippen LogP contribution >= 0.6 is 11.6 Å². The van der Waals surface area contributed by atoms with E-state index in [2.05, 4.69) is 5.32 Å². The predicted molar refractivity (Wildman–Crippen MR) is 71.3 cm³/mol. The largest absolute Gasteiger partial charge is 0.310 e. The molecule has 2 unspecified atom stereocenters. The standard InChI is InChI=1S/C12H17ClFNOS/c1-9(5-6-17(2)16)15-8-10-3-4-11(13)12(14)7-10/h3-4,7,9,15H,5-6,8H2,1-2H3. The van der Waals surface area contributed by atoms with Crippen LogP contribution < -0.4 is 5.32 Å². The van der Waals surface area contributed by atoms with Crippen LogP contribution in [0.4, 0.5) is 4.39 Å². The number of nitrogens with one attached hydrogen (secondary N) is 1. The Hall–Kier alpha value is -0.450. The Morgan fingerprint density at radius 1 is 1.53 bits per heavy atom. The third kappa shape index (κ3) is 5.61. The molecule has 0 bridgehead atoms. The van der Waals surface area contributed by atoms with Crippen molar-refractivity contribution in [2.75, 3.05) is 12.0 Å². The van der Waals surface area contributed by atoms with Crippen LogP contribution in [0.5, 0.6) is 0 Å². The molecule has 1 aromatic carbocycles. The molecule has 1 rings (SSSR count). The van der Waals surface area contributed by atoms with Crippen molar-refractivity contribution in [1.82, 2.24) is 5.32 Å². The average molecular weight is 278 g/mol. The highest BCUT2D eigenvalue weighted by atomic mass is 35.5. The van der Waals surface area contributed by atoms with Gasteiger partial charge < -0.3 is 5.32 Å². The van der Waals surface area contributed by atoms with E-state index in [0.29, 0.717) is 12.3 Å². The number of hydrogen-bond acceptors (Lipinski definition) is 2. The van der Waals surface area contributed by atoms with Crippen molar-refractivity contribution >= 4 is 22.4 Å². The Bertz CT molecular complexity index is 400. The summed E-state index contributed by atoms with van der Waals surface area (Å²) in [5.74, 6) is 0.289. The molecule has 0 saturated carbocycles. The van der Waals surface area contributed by atoms with Gasteiger partial charge in [0, 0.05) is 35.4 Å². The zero-order chi connectivity index (χ0) is 12.8. The summed E-state index contributed by atoms with van der Waals surface area (Å²) in [6, 6.07) is 5.04. The van der Waals surface area contributed by atoms with Crippen LogP contribution in [0.2, 0.25) is 5.02 Å². The molecule has 1 aromatic rings. The van der Waals surface area contributed by atoms with Crippen molar-refractivity contribution in [3.63, 3.8) is 0 Å².